The lowest BCUT2D eigenvalue weighted by molar-refractivity contribution is -0.148. The van der Waals surface area contributed by atoms with Crippen molar-refractivity contribution >= 4 is 17.9 Å². The SMILES string of the molecule is CNC(=O)CN(C)C(=O)NC1(C(=O)O)CCC1. The molecule has 0 aromatic heterocycles. The zero-order chi connectivity index (χ0) is 13.1. The van der Waals surface area contributed by atoms with E-state index in [2.05, 4.69) is 10.6 Å². The quantitative estimate of drug-likeness (QED) is 0.613. The van der Waals surface area contributed by atoms with Gasteiger partial charge in [0.1, 0.15) is 12.1 Å². The Hall–Kier alpha value is -1.79. The third-order valence-electron chi connectivity index (χ3n) is 2.97. The predicted octanol–water partition coefficient (Wildman–Crippen LogP) is -0.619. The Kier molecular flexibility index (Phi) is 3.93. The fourth-order valence-corrected chi connectivity index (χ4v) is 1.59. The summed E-state index contributed by atoms with van der Waals surface area (Å²) >= 11 is 0. The summed E-state index contributed by atoms with van der Waals surface area (Å²) in [7, 11) is 2.91. The van der Waals surface area contributed by atoms with Crippen LogP contribution in [0, 0.1) is 0 Å². The van der Waals surface area contributed by atoms with Gasteiger partial charge in [-0.25, -0.2) is 9.59 Å². The number of likely N-dealkylation sites (N-methyl/N-ethyl adjacent to an activating group) is 2. The number of hydrogen-bond donors (Lipinski definition) is 3. The molecule has 0 atom stereocenters. The summed E-state index contributed by atoms with van der Waals surface area (Å²) in [5.41, 5.74) is -1.14. The number of nitrogens with zero attached hydrogens (tertiary/aromatic N) is 1. The molecule has 0 aliphatic heterocycles. The van der Waals surface area contributed by atoms with Gasteiger partial charge in [0.2, 0.25) is 5.91 Å². The molecule has 1 aliphatic carbocycles. The number of urea groups is 1. The van der Waals surface area contributed by atoms with Crippen molar-refractivity contribution in [1.29, 1.82) is 0 Å². The molecule has 1 aliphatic rings. The highest BCUT2D eigenvalue weighted by atomic mass is 16.4. The molecule has 3 amide bonds. The third kappa shape index (κ3) is 2.86. The molecule has 7 nitrogen and oxygen atoms in total. The number of carboxylic acid groups (broad SMARTS) is 1. The Bertz CT molecular complexity index is 338. The highest BCUT2D eigenvalue weighted by Gasteiger charge is 2.46. The van der Waals surface area contributed by atoms with Crippen LogP contribution in [0.3, 0.4) is 0 Å². The molecule has 0 spiro atoms. The second kappa shape index (κ2) is 5.03. The summed E-state index contributed by atoms with van der Waals surface area (Å²) in [6.45, 7) is -0.0992. The summed E-state index contributed by atoms with van der Waals surface area (Å²) in [6.07, 6.45) is 1.65. The van der Waals surface area contributed by atoms with Crippen molar-refractivity contribution < 1.29 is 19.5 Å². The van der Waals surface area contributed by atoms with Crippen LogP contribution in [-0.2, 0) is 9.59 Å². The molecular weight excluding hydrogens is 226 g/mol. The van der Waals surface area contributed by atoms with E-state index in [0.29, 0.717) is 12.8 Å². The molecule has 17 heavy (non-hydrogen) atoms. The Morgan fingerprint density at radius 2 is 1.94 bits per heavy atom. The molecule has 7 heteroatoms. The Balaban J connectivity index is 2.53. The maximum absolute atomic E-state index is 11.7. The molecule has 0 saturated heterocycles. The number of carboxylic acids is 1. The van der Waals surface area contributed by atoms with Crippen molar-refractivity contribution in [1.82, 2.24) is 15.5 Å². The van der Waals surface area contributed by atoms with Crippen molar-refractivity contribution in [2.24, 2.45) is 0 Å². The predicted molar refractivity (Wildman–Crippen MR) is 59.4 cm³/mol. The topological polar surface area (TPSA) is 98.7 Å². The fourth-order valence-electron chi connectivity index (χ4n) is 1.59. The number of rotatable bonds is 4. The van der Waals surface area contributed by atoms with Gasteiger partial charge in [-0.3, -0.25) is 4.79 Å². The van der Waals surface area contributed by atoms with E-state index in [0.717, 1.165) is 11.3 Å². The average Bonchev–Trinajstić information content (AvgIpc) is 2.22. The molecular formula is C10H17N3O4. The molecule has 0 aromatic rings. The van der Waals surface area contributed by atoms with Gasteiger partial charge in [0.25, 0.3) is 0 Å². The molecule has 1 saturated carbocycles. The van der Waals surface area contributed by atoms with Crippen LogP contribution in [0.5, 0.6) is 0 Å². The largest absolute Gasteiger partial charge is 0.480 e. The molecule has 0 heterocycles. The van der Waals surface area contributed by atoms with Gasteiger partial charge in [-0.1, -0.05) is 0 Å². The lowest BCUT2D eigenvalue weighted by Gasteiger charge is -2.39. The standard InChI is InChI=1S/C10H17N3O4/c1-11-7(14)6-13(2)9(17)12-10(8(15)16)4-3-5-10/h3-6H2,1-2H3,(H,11,14)(H,12,17)(H,15,16). The maximum atomic E-state index is 11.7. The van der Waals surface area contributed by atoms with E-state index in [1.165, 1.54) is 14.1 Å². The van der Waals surface area contributed by atoms with Crippen molar-refractivity contribution in [3.05, 3.63) is 0 Å². The van der Waals surface area contributed by atoms with E-state index < -0.39 is 17.5 Å². The highest BCUT2D eigenvalue weighted by Crippen LogP contribution is 2.32. The van der Waals surface area contributed by atoms with Crippen LogP contribution < -0.4 is 10.6 Å². The van der Waals surface area contributed by atoms with E-state index in [9.17, 15) is 14.4 Å². The van der Waals surface area contributed by atoms with E-state index in [-0.39, 0.29) is 12.5 Å². The first-order valence-corrected chi connectivity index (χ1v) is 5.38. The number of amides is 3. The lowest BCUT2D eigenvalue weighted by Crippen LogP contribution is -2.61. The third-order valence-corrected chi connectivity index (χ3v) is 2.97. The number of carbonyl (C=O) groups is 3. The van der Waals surface area contributed by atoms with Crippen LogP contribution in [0.15, 0.2) is 0 Å². The normalized spacial score (nSPS) is 16.6. The first-order valence-electron chi connectivity index (χ1n) is 5.38. The van der Waals surface area contributed by atoms with Crippen LogP contribution in [0.1, 0.15) is 19.3 Å². The number of carbonyl (C=O) groups excluding carboxylic acids is 2. The Labute approximate surface area is 99.2 Å². The minimum Gasteiger partial charge on any atom is -0.480 e. The zero-order valence-electron chi connectivity index (χ0n) is 9.95. The summed E-state index contributed by atoms with van der Waals surface area (Å²) in [5.74, 6) is -1.33. The second-order valence-corrected chi connectivity index (χ2v) is 4.20. The Morgan fingerprint density at radius 3 is 2.29 bits per heavy atom. The van der Waals surface area contributed by atoms with Gasteiger partial charge in [0, 0.05) is 14.1 Å². The van der Waals surface area contributed by atoms with Gasteiger partial charge < -0.3 is 20.6 Å². The monoisotopic (exact) mass is 243 g/mol. The lowest BCUT2D eigenvalue weighted by atomic mass is 9.77. The maximum Gasteiger partial charge on any atom is 0.329 e. The zero-order valence-corrected chi connectivity index (χ0v) is 9.95. The summed E-state index contributed by atoms with van der Waals surface area (Å²) in [6, 6.07) is -0.546. The fraction of sp³-hybridized carbons (Fsp3) is 0.700. The number of nitrogens with one attached hydrogen (secondary N) is 2. The number of aliphatic carboxylic acids is 1. The van der Waals surface area contributed by atoms with Crippen LogP contribution in [0.4, 0.5) is 4.79 Å². The van der Waals surface area contributed by atoms with E-state index >= 15 is 0 Å². The van der Waals surface area contributed by atoms with Gasteiger partial charge >= 0.3 is 12.0 Å². The second-order valence-electron chi connectivity index (χ2n) is 4.20. The molecule has 1 fully saturated rings. The van der Waals surface area contributed by atoms with E-state index in [1.807, 2.05) is 0 Å². The number of hydrogen-bond acceptors (Lipinski definition) is 3. The summed E-state index contributed by atoms with van der Waals surface area (Å²) in [5, 5.41) is 13.9. The van der Waals surface area contributed by atoms with Crippen LogP contribution in [0.25, 0.3) is 0 Å². The van der Waals surface area contributed by atoms with E-state index in [4.69, 9.17) is 5.11 Å². The average molecular weight is 243 g/mol. The van der Waals surface area contributed by atoms with E-state index in [1.54, 1.807) is 0 Å². The Morgan fingerprint density at radius 1 is 1.35 bits per heavy atom. The van der Waals surface area contributed by atoms with Crippen LogP contribution >= 0.6 is 0 Å². The van der Waals surface area contributed by atoms with Crippen molar-refractivity contribution in [2.45, 2.75) is 24.8 Å². The van der Waals surface area contributed by atoms with Gasteiger partial charge in [0.15, 0.2) is 0 Å². The first-order chi connectivity index (χ1) is 7.91. The smallest absolute Gasteiger partial charge is 0.329 e. The summed E-state index contributed by atoms with van der Waals surface area (Å²) in [4.78, 5) is 34.9. The van der Waals surface area contributed by atoms with Crippen LogP contribution in [-0.4, -0.2) is 54.1 Å². The van der Waals surface area contributed by atoms with Gasteiger partial charge in [0.05, 0.1) is 0 Å². The molecule has 0 bridgehead atoms. The first kappa shape index (κ1) is 13.3. The summed E-state index contributed by atoms with van der Waals surface area (Å²) < 4.78 is 0. The van der Waals surface area contributed by atoms with Gasteiger partial charge in [-0.15, -0.1) is 0 Å². The van der Waals surface area contributed by atoms with Crippen molar-refractivity contribution in [3.8, 4) is 0 Å². The molecule has 0 aromatic carbocycles. The molecule has 1 rings (SSSR count). The van der Waals surface area contributed by atoms with Crippen molar-refractivity contribution in [3.63, 3.8) is 0 Å². The van der Waals surface area contributed by atoms with Gasteiger partial charge in [-0.05, 0) is 19.3 Å². The highest BCUT2D eigenvalue weighted by molar-refractivity contribution is 5.89. The molecule has 3 N–H and O–H groups in total. The van der Waals surface area contributed by atoms with Crippen LogP contribution in [0.2, 0.25) is 0 Å². The molecule has 0 unspecified atom stereocenters. The van der Waals surface area contributed by atoms with Crippen molar-refractivity contribution in [2.75, 3.05) is 20.6 Å². The minimum absolute atomic E-state index is 0.0992. The minimum atomic E-state index is -1.14. The van der Waals surface area contributed by atoms with Gasteiger partial charge in [-0.2, -0.15) is 0 Å². The molecule has 96 valence electrons. The molecule has 0 radical (unpaired) electrons.